The monoisotopic (exact) mass is 142 g/mol. The van der Waals surface area contributed by atoms with E-state index in [1.807, 2.05) is 13.8 Å². The van der Waals surface area contributed by atoms with Crippen LogP contribution in [0.3, 0.4) is 0 Å². The van der Waals surface area contributed by atoms with Crippen LogP contribution < -0.4 is 0 Å². The third-order valence-corrected chi connectivity index (χ3v) is 2.48. The van der Waals surface area contributed by atoms with Crippen molar-refractivity contribution in [3.05, 3.63) is 0 Å². The molecule has 0 aliphatic carbocycles. The molecule has 1 saturated heterocycles. The van der Waals surface area contributed by atoms with Crippen LogP contribution >= 0.6 is 0 Å². The minimum atomic E-state index is 0.106. The topological polar surface area (TPSA) is 26.3 Å². The highest BCUT2D eigenvalue weighted by molar-refractivity contribution is 5.55. The smallest absolute Gasteiger partial charge is 0.126 e. The Kier molecular flexibility index (Phi) is 2.09. The summed E-state index contributed by atoms with van der Waals surface area (Å²) in [5, 5.41) is 0. The molecular formula is C8H14O2. The van der Waals surface area contributed by atoms with Gasteiger partial charge in [-0.2, -0.15) is 0 Å². The summed E-state index contributed by atoms with van der Waals surface area (Å²) in [4.78, 5) is 10.5. The van der Waals surface area contributed by atoms with Gasteiger partial charge in [-0.05, 0) is 19.8 Å². The molecule has 0 aromatic carbocycles. The molecule has 58 valence electrons. The maximum Gasteiger partial charge on any atom is 0.126 e. The first-order chi connectivity index (χ1) is 4.66. The van der Waals surface area contributed by atoms with E-state index < -0.39 is 0 Å². The van der Waals surface area contributed by atoms with E-state index in [2.05, 4.69) is 6.92 Å². The second-order valence-corrected chi connectivity index (χ2v) is 3.12. The highest BCUT2D eigenvalue weighted by Crippen LogP contribution is 2.30. The van der Waals surface area contributed by atoms with Gasteiger partial charge in [0.15, 0.2) is 0 Å². The summed E-state index contributed by atoms with van der Waals surface area (Å²) in [6.45, 7) is 6.04. The molecule has 1 rings (SSSR count). The van der Waals surface area contributed by atoms with Crippen molar-refractivity contribution in [2.45, 2.75) is 33.0 Å². The lowest BCUT2D eigenvalue weighted by Crippen LogP contribution is -2.17. The molecule has 4 atom stereocenters. The molecule has 1 aliphatic rings. The lowest BCUT2D eigenvalue weighted by Gasteiger charge is -2.09. The van der Waals surface area contributed by atoms with Crippen LogP contribution in [0.5, 0.6) is 0 Å². The average Bonchev–Trinajstić information content (AvgIpc) is 2.09. The van der Waals surface area contributed by atoms with E-state index in [1.165, 1.54) is 0 Å². The molecule has 1 heterocycles. The fourth-order valence-corrected chi connectivity index (χ4v) is 1.53. The standard InChI is InChI=1S/C8H14O2/c1-5-6(2)10-7(3)8(5)4-9/h4-8H,1-3H3/t5-,6+,7-,8+/m1/s1. The van der Waals surface area contributed by atoms with Crippen molar-refractivity contribution < 1.29 is 9.53 Å². The van der Waals surface area contributed by atoms with Gasteiger partial charge in [0.1, 0.15) is 6.29 Å². The molecule has 0 bridgehead atoms. The summed E-state index contributed by atoms with van der Waals surface area (Å²) < 4.78 is 5.45. The number of aldehydes is 1. The van der Waals surface area contributed by atoms with E-state index in [4.69, 9.17) is 4.74 Å². The highest BCUT2D eigenvalue weighted by atomic mass is 16.5. The van der Waals surface area contributed by atoms with Crippen molar-refractivity contribution >= 4 is 6.29 Å². The van der Waals surface area contributed by atoms with Crippen LogP contribution in [0, 0.1) is 11.8 Å². The van der Waals surface area contributed by atoms with Gasteiger partial charge in [-0.15, -0.1) is 0 Å². The van der Waals surface area contributed by atoms with Crippen LogP contribution in [0.1, 0.15) is 20.8 Å². The summed E-state index contributed by atoms with van der Waals surface area (Å²) in [5.41, 5.74) is 0. The minimum absolute atomic E-state index is 0.106. The van der Waals surface area contributed by atoms with E-state index in [1.54, 1.807) is 0 Å². The van der Waals surface area contributed by atoms with Crippen molar-refractivity contribution in [1.29, 1.82) is 0 Å². The Morgan fingerprint density at radius 3 is 2.00 bits per heavy atom. The maximum absolute atomic E-state index is 10.5. The molecule has 2 nitrogen and oxygen atoms in total. The first-order valence-corrected chi connectivity index (χ1v) is 3.77. The number of hydrogen-bond donors (Lipinski definition) is 0. The molecule has 1 aliphatic heterocycles. The molecule has 0 amide bonds. The van der Waals surface area contributed by atoms with Crippen molar-refractivity contribution in [2.24, 2.45) is 11.8 Å². The van der Waals surface area contributed by atoms with Crippen LogP contribution in [0.15, 0.2) is 0 Å². The lowest BCUT2D eigenvalue weighted by atomic mass is 9.91. The first kappa shape index (κ1) is 7.73. The fraction of sp³-hybridized carbons (Fsp3) is 0.875. The van der Waals surface area contributed by atoms with Gasteiger partial charge in [-0.25, -0.2) is 0 Å². The fourth-order valence-electron chi connectivity index (χ4n) is 1.53. The number of ether oxygens (including phenoxy) is 1. The third kappa shape index (κ3) is 1.08. The number of hydrogen-bond acceptors (Lipinski definition) is 2. The van der Waals surface area contributed by atoms with Crippen LogP contribution in [-0.4, -0.2) is 18.5 Å². The zero-order valence-corrected chi connectivity index (χ0v) is 6.70. The summed E-state index contributed by atoms with van der Waals surface area (Å²) in [6.07, 6.45) is 1.37. The van der Waals surface area contributed by atoms with E-state index in [0.717, 1.165) is 6.29 Å². The predicted molar refractivity (Wildman–Crippen MR) is 38.7 cm³/mol. The van der Waals surface area contributed by atoms with Crippen LogP contribution in [0.25, 0.3) is 0 Å². The number of carbonyl (C=O) groups is 1. The maximum atomic E-state index is 10.5. The van der Waals surface area contributed by atoms with Crippen LogP contribution in [0.4, 0.5) is 0 Å². The average molecular weight is 142 g/mol. The lowest BCUT2D eigenvalue weighted by molar-refractivity contribution is -0.112. The Labute approximate surface area is 61.6 Å². The molecule has 0 aromatic rings. The first-order valence-electron chi connectivity index (χ1n) is 3.77. The van der Waals surface area contributed by atoms with Crippen molar-refractivity contribution in [3.8, 4) is 0 Å². The zero-order chi connectivity index (χ0) is 7.72. The van der Waals surface area contributed by atoms with E-state index in [9.17, 15) is 4.79 Å². The Balaban J connectivity index is 2.63. The molecule has 0 saturated carbocycles. The van der Waals surface area contributed by atoms with Gasteiger partial charge in [0.25, 0.3) is 0 Å². The summed E-state index contributed by atoms with van der Waals surface area (Å²) in [7, 11) is 0. The minimum Gasteiger partial charge on any atom is -0.375 e. The second kappa shape index (κ2) is 2.70. The Morgan fingerprint density at radius 2 is 1.80 bits per heavy atom. The van der Waals surface area contributed by atoms with Gasteiger partial charge >= 0.3 is 0 Å². The predicted octanol–water partition coefficient (Wildman–Crippen LogP) is 1.24. The molecule has 1 fully saturated rings. The van der Waals surface area contributed by atoms with Gasteiger partial charge in [0, 0.05) is 5.92 Å². The molecule has 0 N–H and O–H groups in total. The molecule has 0 radical (unpaired) electrons. The van der Waals surface area contributed by atoms with Crippen molar-refractivity contribution in [2.75, 3.05) is 0 Å². The summed E-state index contributed by atoms with van der Waals surface area (Å²) in [6, 6.07) is 0. The van der Waals surface area contributed by atoms with E-state index in [0.29, 0.717) is 5.92 Å². The van der Waals surface area contributed by atoms with Crippen LogP contribution in [0.2, 0.25) is 0 Å². The summed E-state index contributed by atoms with van der Waals surface area (Å²) in [5.74, 6) is 0.488. The Bertz CT molecular complexity index is 133. The van der Waals surface area contributed by atoms with Gasteiger partial charge in [0.2, 0.25) is 0 Å². The van der Waals surface area contributed by atoms with Crippen LogP contribution in [-0.2, 0) is 9.53 Å². The second-order valence-electron chi connectivity index (χ2n) is 3.12. The molecule has 0 spiro atoms. The number of carbonyl (C=O) groups excluding carboxylic acids is 1. The normalized spacial score (nSPS) is 47.5. The highest BCUT2D eigenvalue weighted by Gasteiger charge is 2.36. The SMILES string of the molecule is C[C@H]1[C@H](C=O)[C@@H](C)O[C@H]1C. The Morgan fingerprint density at radius 1 is 1.20 bits per heavy atom. The number of rotatable bonds is 1. The van der Waals surface area contributed by atoms with Crippen molar-refractivity contribution in [1.82, 2.24) is 0 Å². The summed E-state index contributed by atoms with van der Waals surface area (Å²) >= 11 is 0. The Hall–Kier alpha value is -0.370. The largest absolute Gasteiger partial charge is 0.375 e. The van der Waals surface area contributed by atoms with Crippen molar-refractivity contribution in [3.63, 3.8) is 0 Å². The molecule has 0 aromatic heterocycles. The molecular weight excluding hydrogens is 128 g/mol. The quantitative estimate of drug-likeness (QED) is 0.515. The van der Waals surface area contributed by atoms with Gasteiger partial charge in [-0.1, -0.05) is 6.92 Å². The molecule has 10 heavy (non-hydrogen) atoms. The van der Waals surface area contributed by atoms with E-state index >= 15 is 0 Å². The van der Waals surface area contributed by atoms with Gasteiger partial charge in [0.05, 0.1) is 12.2 Å². The zero-order valence-electron chi connectivity index (χ0n) is 6.70. The molecule has 0 unspecified atom stereocenters. The van der Waals surface area contributed by atoms with E-state index in [-0.39, 0.29) is 18.1 Å². The van der Waals surface area contributed by atoms with Gasteiger partial charge < -0.3 is 9.53 Å². The molecule has 2 heteroatoms. The van der Waals surface area contributed by atoms with Gasteiger partial charge in [-0.3, -0.25) is 0 Å². The third-order valence-electron chi connectivity index (χ3n) is 2.48.